The van der Waals surface area contributed by atoms with Gasteiger partial charge in [-0.2, -0.15) is 0 Å². The number of ether oxygens (including phenoxy) is 2. The molecule has 0 radical (unpaired) electrons. The molecule has 1 aliphatic rings. The standard InChI is InChI=1S/C18H17NO4/c1-12(20)17-16(13-6-4-3-5-7-13)19(18(21)23-17)14-8-10-15(22-2)11-9-14/h3-11,16-17H,1-2H3/t16-,17-/m0/s1. The van der Waals surface area contributed by atoms with Crippen molar-refractivity contribution >= 4 is 17.6 Å². The van der Waals surface area contributed by atoms with Gasteiger partial charge >= 0.3 is 6.09 Å². The van der Waals surface area contributed by atoms with Crippen molar-refractivity contribution in [2.45, 2.75) is 19.1 Å². The van der Waals surface area contributed by atoms with E-state index in [4.69, 9.17) is 9.47 Å². The Kier molecular flexibility index (Phi) is 4.02. The summed E-state index contributed by atoms with van der Waals surface area (Å²) in [6.07, 6.45) is -1.34. The zero-order valence-electron chi connectivity index (χ0n) is 12.9. The summed E-state index contributed by atoms with van der Waals surface area (Å²) < 4.78 is 10.5. The van der Waals surface area contributed by atoms with Crippen LogP contribution < -0.4 is 9.64 Å². The van der Waals surface area contributed by atoms with Gasteiger partial charge in [0.15, 0.2) is 11.9 Å². The van der Waals surface area contributed by atoms with E-state index in [1.54, 1.807) is 31.4 Å². The first-order valence-corrected chi connectivity index (χ1v) is 7.31. The fourth-order valence-electron chi connectivity index (χ4n) is 2.77. The number of nitrogens with zero attached hydrogens (tertiary/aromatic N) is 1. The lowest BCUT2D eigenvalue weighted by atomic mass is 9.98. The maximum absolute atomic E-state index is 12.3. The molecular formula is C18H17NO4. The lowest BCUT2D eigenvalue weighted by Gasteiger charge is -2.24. The monoisotopic (exact) mass is 311 g/mol. The molecule has 2 aromatic carbocycles. The third-order valence-corrected chi connectivity index (χ3v) is 3.88. The Morgan fingerprint density at radius 1 is 1.09 bits per heavy atom. The molecular weight excluding hydrogens is 294 g/mol. The summed E-state index contributed by atoms with van der Waals surface area (Å²) >= 11 is 0. The molecule has 0 aromatic heterocycles. The van der Waals surface area contributed by atoms with Gasteiger partial charge in [0.1, 0.15) is 11.8 Å². The first-order chi connectivity index (χ1) is 11.1. The molecule has 1 saturated heterocycles. The van der Waals surface area contributed by atoms with Crippen LogP contribution in [0.4, 0.5) is 10.5 Å². The Hall–Kier alpha value is -2.82. The van der Waals surface area contributed by atoms with Gasteiger partial charge in [0.05, 0.1) is 7.11 Å². The molecule has 0 N–H and O–H groups in total. The highest BCUT2D eigenvalue weighted by Crippen LogP contribution is 2.38. The average molecular weight is 311 g/mol. The zero-order valence-corrected chi connectivity index (χ0v) is 12.9. The van der Waals surface area contributed by atoms with Crippen LogP contribution in [0.3, 0.4) is 0 Å². The molecule has 0 spiro atoms. The molecule has 0 unspecified atom stereocenters. The minimum atomic E-state index is -0.813. The van der Waals surface area contributed by atoms with Gasteiger partial charge in [0.25, 0.3) is 0 Å². The molecule has 3 rings (SSSR count). The van der Waals surface area contributed by atoms with E-state index in [-0.39, 0.29) is 5.78 Å². The molecule has 0 aliphatic carbocycles. The van der Waals surface area contributed by atoms with Crippen LogP contribution in [0.5, 0.6) is 5.75 Å². The largest absolute Gasteiger partial charge is 0.497 e. The average Bonchev–Trinajstić information content (AvgIpc) is 2.93. The number of rotatable bonds is 4. The minimum Gasteiger partial charge on any atom is -0.497 e. The summed E-state index contributed by atoms with van der Waals surface area (Å²) in [5.74, 6) is 0.518. The molecule has 5 nitrogen and oxygen atoms in total. The number of Topliss-reactive ketones (excluding diaryl/α,β-unsaturated/α-hetero) is 1. The highest BCUT2D eigenvalue weighted by atomic mass is 16.6. The van der Waals surface area contributed by atoms with Crippen molar-refractivity contribution in [3.8, 4) is 5.75 Å². The van der Waals surface area contributed by atoms with Gasteiger partial charge in [-0.15, -0.1) is 0 Å². The summed E-state index contributed by atoms with van der Waals surface area (Å²) in [5, 5.41) is 0. The molecule has 2 atom stereocenters. The summed E-state index contributed by atoms with van der Waals surface area (Å²) in [6.45, 7) is 1.44. The highest BCUT2D eigenvalue weighted by molar-refractivity contribution is 5.97. The Morgan fingerprint density at radius 3 is 2.30 bits per heavy atom. The fraction of sp³-hybridized carbons (Fsp3) is 0.222. The van der Waals surface area contributed by atoms with Crippen molar-refractivity contribution in [1.29, 1.82) is 0 Å². The third-order valence-electron chi connectivity index (χ3n) is 3.88. The predicted molar refractivity (Wildman–Crippen MR) is 85.6 cm³/mol. The van der Waals surface area contributed by atoms with Crippen molar-refractivity contribution < 1.29 is 19.1 Å². The van der Waals surface area contributed by atoms with Crippen molar-refractivity contribution in [1.82, 2.24) is 0 Å². The molecule has 118 valence electrons. The molecule has 1 heterocycles. The van der Waals surface area contributed by atoms with Gasteiger partial charge < -0.3 is 9.47 Å². The molecule has 0 saturated carbocycles. The molecule has 1 fully saturated rings. The number of cyclic esters (lactones) is 1. The van der Waals surface area contributed by atoms with Gasteiger partial charge in [0.2, 0.25) is 0 Å². The maximum Gasteiger partial charge on any atom is 0.415 e. The minimum absolute atomic E-state index is 0.178. The molecule has 23 heavy (non-hydrogen) atoms. The van der Waals surface area contributed by atoms with E-state index in [0.717, 1.165) is 5.56 Å². The van der Waals surface area contributed by atoms with Crippen molar-refractivity contribution in [3.63, 3.8) is 0 Å². The number of ketones is 1. The van der Waals surface area contributed by atoms with Crippen molar-refractivity contribution in [3.05, 3.63) is 60.2 Å². The number of amides is 1. The van der Waals surface area contributed by atoms with Gasteiger partial charge in [-0.1, -0.05) is 30.3 Å². The van der Waals surface area contributed by atoms with E-state index in [0.29, 0.717) is 11.4 Å². The summed E-state index contributed by atoms with van der Waals surface area (Å²) in [5.41, 5.74) is 1.52. The Balaban J connectivity index is 2.04. The SMILES string of the molecule is COc1ccc(N2C(=O)O[C@@H](C(C)=O)[C@@H]2c2ccccc2)cc1. The number of hydrogen-bond acceptors (Lipinski definition) is 4. The van der Waals surface area contributed by atoms with Crippen molar-refractivity contribution in [2.75, 3.05) is 12.0 Å². The van der Waals surface area contributed by atoms with Gasteiger partial charge in [-0.05, 0) is 36.8 Å². The lowest BCUT2D eigenvalue weighted by Crippen LogP contribution is -2.31. The van der Waals surface area contributed by atoms with Gasteiger partial charge in [-0.25, -0.2) is 4.79 Å². The van der Waals surface area contributed by atoms with E-state index >= 15 is 0 Å². The van der Waals surface area contributed by atoms with Crippen LogP contribution >= 0.6 is 0 Å². The van der Waals surface area contributed by atoms with Crippen LogP contribution in [-0.4, -0.2) is 25.1 Å². The highest BCUT2D eigenvalue weighted by Gasteiger charge is 2.45. The smallest absolute Gasteiger partial charge is 0.415 e. The van der Waals surface area contributed by atoms with E-state index in [9.17, 15) is 9.59 Å². The predicted octanol–water partition coefficient (Wildman–Crippen LogP) is 3.35. The fourth-order valence-corrected chi connectivity index (χ4v) is 2.77. The number of anilines is 1. The summed E-state index contributed by atoms with van der Waals surface area (Å²) in [6, 6.07) is 16.0. The van der Waals surface area contributed by atoms with Gasteiger partial charge in [0, 0.05) is 5.69 Å². The van der Waals surface area contributed by atoms with Crippen LogP contribution in [0.1, 0.15) is 18.5 Å². The van der Waals surface area contributed by atoms with Crippen LogP contribution in [0.25, 0.3) is 0 Å². The second-order valence-electron chi connectivity index (χ2n) is 5.34. The lowest BCUT2D eigenvalue weighted by molar-refractivity contribution is -0.124. The molecule has 5 heteroatoms. The van der Waals surface area contributed by atoms with E-state index in [1.165, 1.54) is 11.8 Å². The Labute approximate surface area is 134 Å². The number of carbonyl (C=O) groups excluding carboxylic acids is 2. The van der Waals surface area contributed by atoms with Crippen LogP contribution in [0, 0.1) is 0 Å². The number of methoxy groups -OCH3 is 1. The first kappa shape index (κ1) is 15.1. The van der Waals surface area contributed by atoms with E-state index in [2.05, 4.69) is 0 Å². The molecule has 0 bridgehead atoms. The second kappa shape index (κ2) is 6.12. The molecule has 2 aromatic rings. The quantitative estimate of drug-likeness (QED) is 0.869. The topological polar surface area (TPSA) is 55.8 Å². The van der Waals surface area contributed by atoms with Crippen LogP contribution in [0.2, 0.25) is 0 Å². The summed E-state index contributed by atoms with van der Waals surface area (Å²) in [4.78, 5) is 25.8. The van der Waals surface area contributed by atoms with Gasteiger partial charge in [-0.3, -0.25) is 9.69 Å². The van der Waals surface area contributed by atoms with Crippen LogP contribution in [-0.2, 0) is 9.53 Å². The first-order valence-electron chi connectivity index (χ1n) is 7.31. The third kappa shape index (κ3) is 2.77. The number of hydrogen-bond donors (Lipinski definition) is 0. The van der Waals surface area contributed by atoms with E-state index in [1.807, 2.05) is 30.3 Å². The second-order valence-corrected chi connectivity index (χ2v) is 5.34. The van der Waals surface area contributed by atoms with Crippen molar-refractivity contribution in [2.24, 2.45) is 0 Å². The molecule has 1 amide bonds. The van der Waals surface area contributed by atoms with Crippen LogP contribution in [0.15, 0.2) is 54.6 Å². The maximum atomic E-state index is 12.3. The zero-order chi connectivity index (χ0) is 16.4. The Morgan fingerprint density at radius 2 is 1.74 bits per heavy atom. The normalized spacial score (nSPS) is 20.3. The molecule has 1 aliphatic heterocycles. The van der Waals surface area contributed by atoms with E-state index < -0.39 is 18.2 Å². The summed E-state index contributed by atoms with van der Waals surface area (Å²) in [7, 11) is 1.58. The number of carbonyl (C=O) groups is 2. The Bertz CT molecular complexity index is 712. The number of benzene rings is 2.